The lowest BCUT2D eigenvalue weighted by Crippen LogP contribution is -2.48. The van der Waals surface area contributed by atoms with Crippen molar-refractivity contribution < 1.29 is 14.3 Å². The van der Waals surface area contributed by atoms with Gasteiger partial charge in [-0.15, -0.1) is 0 Å². The van der Waals surface area contributed by atoms with E-state index in [1.807, 2.05) is 51.1 Å². The molecule has 5 heteroatoms. The number of nitrogens with one attached hydrogen (secondary N) is 1. The Bertz CT molecular complexity index is 762. The number of benzene rings is 1. The third-order valence-electron chi connectivity index (χ3n) is 4.85. The number of aryl methyl sites for hydroxylation is 2. The maximum atomic E-state index is 12.6. The first kappa shape index (κ1) is 18.4. The number of nitrogens with zero attached hydrogens (tertiary/aromatic N) is 1. The summed E-state index contributed by atoms with van der Waals surface area (Å²) in [4.78, 5) is 16.9. The average molecular weight is 354 g/mol. The number of para-hydroxylation sites is 1. The van der Waals surface area contributed by atoms with Crippen LogP contribution in [0.3, 0.4) is 0 Å². The second kappa shape index (κ2) is 7.87. The molecule has 2 aromatic rings. The summed E-state index contributed by atoms with van der Waals surface area (Å²) in [6.07, 6.45) is 4.47. The molecule has 0 radical (unpaired) electrons. The van der Waals surface area contributed by atoms with Crippen LogP contribution in [0.15, 0.2) is 36.5 Å². The number of aromatic nitrogens is 1. The van der Waals surface area contributed by atoms with Crippen LogP contribution >= 0.6 is 0 Å². The molecule has 1 atom stereocenters. The molecule has 1 fully saturated rings. The Morgan fingerprint density at radius 2 is 2.00 bits per heavy atom. The third kappa shape index (κ3) is 4.05. The summed E-state index contributed by atoms with van der Waals surface area (Å²) in [5, 5.41) is 2.98. The van der Waals surface area contributed by atoms with Crippen molar-refractivity contribution in [2.45, 2.75) is 52.2 Å². The fourth-order valence-corrected chi connectivity index (χ4v) is 3.18. The molecular formula is C21H26N2O3. The number of carbonyl (C=O) groups excluding carboxylic acids is 1. The van der Waals surface area contributed by atoms with Crippen LogP contribution in [-0.4, -0.2) is 23.1 Å². The van der Waals surface area contributed by atoms with Crippen LogP contribution in [0, 0.1) is 13.8 Å². The normalized spacial score (nSPS) is 19.8. The molecule has 0 spiro atoms. The first-order valence-corrected chi connectivity index (χ1v) is 9.10. The van der Waals surface area contributed by atoms with Crippen molar-refractivity contribution in [3.05, 3.63) is 53.2 Å². The second-order valence-electron chi connectivity index (χ2n) is 7.01. The summed E-state index contributed by atoms with van der Waals surface area (Å²) >= 11 is 0. The number of amides is 1. The molecule has 0 aliphatic carbocycles. The van der Waals surface area contributed by atoms with E-state index in [0.29, 0.717) is 19.0 Å². The molecule has 1 N–H and O–H groups in total. The van der Waals surface area contributed by atoms with Gasteiger partial charge in [0.1, 0.15) is 11.4 Å². The van der Waals surface area contributed by atoms with Crippen molar-refractivity contribution in [3.8, 4) is 11.6 Å². The SMILES string of the molecule is Cc1cccc(C)c1Oc1ncccc1CNC(=O)[C@@]1(C)CCCCO1. The quantitative estimate of drug-likeness (QED) is 0.879. The molecule has 1 aliphatic rings. The van der Waals surface area contributed by atoms with Gasteiger partial charge in [0, 0.05) is 24.9 Å². The molecule has 0 saturated carbocycles. The lowest BCUT2D eigenvalue weighted by molar-refractivity contribution is -0.150. The monoisotopic (exact) mass is 354 g/mol. The minimum absolute atomic E-state index is 0.0842. The van der Waals surface area contributed by atoms with Gasteiger partial charge in [0.25, 0.3) is 5.91 Å². The van der Waals surface area contributed by atoms with Crippen LogP contribution in [0.25, 0.3) is 0 Å². The first-order chi connectivity index (χ1) is 12.5. The van der Waals surface area contributed by atoms with Gasteiger partial charge in [-0.2, -0.15) is 0 Å². The number of hydrogen-bond donors (Lipinski definition) is 1. The van der Waals surface area contributed by atoms with Gasteiger partial charge in [-0.3, -0.25) is 4.79 Å². The molecule has 1 aliphatic heterocycles. The Balaban J connectivity index is 1.72. The van der Waals surface area contributed by atoms with Crippen LogP contribution in [0.4, 0.5) is 0 Å². The van der Waals surface area contributed by atoms with Gasteiger partial charge in [0.05, 0.1) is 0 Å². The Labute approximate surface area is 154 Å². The van der Waals surface area contributed by atoms with E-state index in [2.05, 4.69) is 10.3 Å². The molecule has 1 aromatic heterocycles. The lowest BCUT2D eigenvalue weighted by Gasteiger charge is -2.32. The molecule has 138 valence electrons. The highest BCUT2D eigenvalue weighted by Crippen LogP contribution is 2.29. The molecule has 0 bridgehead atoms. The zero-order valence-corrected chi connectivity index (χ0v) is 15.7. The van der Waals surface area contributed by atoms with Gasteiger partial charge in [-0.1, -0.05) is 24.3 Å². The summed E-state index contributed by atoms with van der Waals surface area (Å²) < 4.78 is 11.8. The van der Waals surface area contributed by atoms with Gasteiger partial charge >= 0.3 is 0 Å². The van der Waals surface area contributed by atoms with Gasteiger partial charge in [0.2, 0.25) is 5.88 Å². The highest BCUT2D eigenvalue weighted by atomic mass is 16.5. The van der Waals surface area contributed by atoms with Crippen LogP contribution < -0.4 is 10.1 Å². The van der Waals surface area contributed by atoms with E-state index in [4.69, 9.17) is 9.47 Å². The van der Waals surface area contributed by atoms with Crippen LogP contribution in [0.1, 0.15) is 42.9 Å². The van der Waals surface area contributed by atoms with Crippen molar-refractivity contribution >= 4 is 5.91 Å². The standard InChI is InChI=1S/C21H26N2O3/c1-15-8-6-9-16(2)18(15)26-19-17(10-7-12-22-19)14-23-20(24)21(3)11-4-5-13-25-21/h6-10,12H,4-5,11,13-14H2,1-3H3,(H,23,24)/t21-/m1/s1. The van der Waals surface area contributed by atoms with Gasteiger partial charge in [0.15, 0.2) is 0 Å². The average Bonchev–Trinajstić information content (AvgIpc) is 2.64. The van der Waals surface area contributed by atoms with Crippen molar-refractivity contribution in [3.63, 3.8) is 0 Å². The number of hydrogen-bond acceptors (Lipinski definition) is 4. The minimum atomic E-state index is -0.742. The Hall–Kier alpha value is -2.40. The molecule has 0 unspecified atom stereocenters. The smallest absolute Gasteiger partial charge is 0.252 e. The predicted molar refractivity (Wildman–Crippen MR) is 100 cm³/mol. The molecule has 3 rings (SSSR count). The molecule has 5 nitrogen and oxygen atoms in total. The van der Waals surface area contributed by atoms with Crippen molar-refractivity contribution in [1.29, 1.82) is 0 Å². The van der Waals surface area contributed by atoms with E-state index in [0.717, 1.165) is 41.7 Å². The zero-order chi connectivity index (χ0) is 18.6. The Morgan fingerprint density at radius 3 is 2.69 bits per heavy atom. The van der Waals surface area contributed by atoms with E-state index in [-0.39, 0.29) is 5.91 Å². The van der Waals surface area contributed by atoms with E-state index in [1.54, 1.807) is 6.20 Å². The van der Waals surface area contributed by atoms with E-state index < -0.39 is 5.60 Å². The maximum Gasteiger partial charge on any atom is 0.252 e. The highest BCUT2D eigenvalue weighted by molar-refractivity contribution is 5.84. The lowest BCUT2D eigenvalue weighted by atomic mass is 9.95. The summed E-state index contributed by atoms with van der Waals surface area (Å²) in [6.45, 7) is 6.87. The number of ether oxygens (including phenoxy) is 2. The van der Waals surface area contributed by atoms with Crippen LogP contribution in [-0.2, 0) is 16.1 Å². The maximum absolute atomic E-state index is 12.6. The van der Waals surface area contributed by atoms with E-state index in [1.165, 1.54) is 0 Å². The number of rotatable bonds is 5. The van der Waals surface area contributed by atoms with Crippen molar-refractivity contribution in [2.75, 3.05) is 6.61 Å². The molecule has 26 heavy (non-hydrogen) atoms. The van der Waals surface area contributed by atoms with Gasteiger partial charge in [-0.25, -0.2) is 4.98 Å². The van der Waals surface area contributed by atoms with Crippen LogP contribution in [0.5, 0.6) is 11.6 Å². The molecule has 1 aromatic carbocycles. The van der Waals surface area contributed by atoms with Crippen molar-refractivity contribution in [2.24, 2.45) is 0 Å². The molecule has 2 heterocycles. The Morgan fingerprint density at radius 1 is 1.23 bits per heavy atom. The molecule has 1 amide bonds. The highest BCUT2D eigenvalue weighted by Gasteiger charge is 2.35. The number of pyridine rings is 1. The number of carbonyl (C=O) groups is 1. The minimum Gasteiger partial charge on any atom is -0.438 e. The predicted octanol–water partition coefficient (Wildman–Crippen LogP) is 4.07. The second-order valence-corrected chi connectivity index (χ2v) is 7.01. The van der Waals surface area contributed by atoms with Crippen molar-refractivity contribution in [1.82, 2.24) is 10.3 Å². The molecule has 1 saturated heterocycles. The first-order valence-electron chi connectivity index (χ1n) is 9.10. The summed E-state index contributed by atoms with van der Waals surface area (Å²) in [7, 11) is 0. The molecular weight excluding hydrogens is 328 g/mol. The van der Waals surface area contributed by atoms with E-state index >= 15 is 0 Å². The van der Waals surface area contributed by atoms with Gasteiger partial charge < -0.3 is 14.8 Å². The van der Waals surface area contributed by atoms with E-state index in [9.17, 15) is 4.79 Å². The largest absolute Gasteiger partial charge is 0.438 e. The van der Waals surface area contributed by atoms with Gasteiger partial charge in [-0.05, 0) is 57.2 Å². The van der Waals surface area contributed by atoms with Crippen LogP contribution in [0.2, 0.25) is 0 Å². The summed E-state index contributed by atoms with van der Waals surface area (Å²) in [5.41, 5.74) is 2.19. The fourth-order valence-electron chi connectivity index (χ4n) is 3.18. The topological polar surface area (TPSA) is 60.5 Å². The summed E-state index contributed by atoms with van der Waals surface area (Å²) in [6, 6.07) is 9.78. The zero-order valence-electron chi connectivity index (χ0n) is 15.7. The Kier molecular flexibility index (Phi) is 5.57. The fraction of sp³-hybridized carbons (Fsp3) is 0.429. The third-order valence-corrected chi connectivity index (χ3v) is 4.85. The summed E-state index contributed by atoms with van der Waals surface area (Å²) in [5.74, 6) is 1.24.